The molecule has 0 bridgehead atoms. The summed E-state index contributed by atoms with van der Waals surface area (Å²) in [4.78, 5) is 3.69. The molecule has 0 aromatic carbocycles. The maximum Gasteiger partial charge on any atom is 0.419 e. The number of hydrogen-bond acceptors (Lipinski definition) is 4. The summed E-state index contributed by atoms with van der Waals surface area (Å²) in [6.45, 7) is 3.92. The van der Waals surface area contributed by atoms with E-state index in [2.05, 4.69) is 10.1 Å². The summed E-state index contributed by atoms with van der Waals surface area (Å²) in [6.07, 6.45) is -2.00. The molecule has 0 aliphatic heterocycles. The number of nitrogens with zero attached hydrogens (tertiary/aromatic N) is 3. The van der Waals surface area contributed by atoms with E-state index in [0.29, 0.717) is 5.69 Å². The number of halogens is 3. The molecule has 138 valence electrons. The predicted octanol–water partition coefficient (Wildman–Crippen LogP) is 3.67. The molecule has 3 N–H and O–H groups in total. The third-order valence-corrected chi connectivity index (χ3v) is 5.06. The number of hydrogen-bond donors (Lipinski definition) is 2. The van der Waals surface area contributed by atoms with Gasteiger partial charge in [0.1, 0.15) is 5.82 Å². The first kappa shape index (κ1) is 17.1. The van der Waals surface area contributed by atoms with Gasteiger partial charge in [0.2, 0.25) is 0 Å². The Kier molecular flexibility index (Phi) is 3.66. The van der Waals surface area contributed by atoms with Crippen LogP contribution in [0.15, 0.2) is 23.9 Å². The Morgan fingerprint density at radius 2 is 2.04 bits per heavy atom. The normalized spacial score (nSPS) is 22.3. The fourth-order valence-electron chi connectivity index (χ4n) is 3.77. The Bertz CT molecular complexity index is 914. The van der Waals surface area contributed by atoms with Crippen molar-refractivity contribution in [2.24, 2.45) is 5.92 Å². The van der Waals surface area contributed by atoms with E-state index in [4.69, 9.17) is 5.73 Å². The molecule has 2 aliphatic carbocycles. The van der Waals surface area contributed by atoms with Crippen molar-refractivity contribution >= 4 is 11.4 Å². The molecule has 1 saturated carbocycles. The Morgan fingerprint density at radius 3 is 2.62 bits per heavy atom. The summed E-state index contributed by atoms with van der Waals surface area (Å²) < 4.78 is 41.1. The van der Waals surface area contributed by atoms with Gasteiger partial charge in [0.15, 0.2) is 0 Å². The fourth-order valence-corrected chi connectivity index (χ4v) is 3.77. The van der Waals surface area contributed by atoms with Crippen molar-refractivity contribution in [1.29, 1.82) is 0 Å². The average molecular weight is 364 g/mol. The standard InChI is InChI=1S/C18H19F3N4O/c1-8(2)25-13(15-10-3-4-14(26)16(10)15)6-12(24-25)9-5-11(18(19,20)21)17(22)23-7-9/h5-8,14,16,26H,3-4H2,1-2H3,(H2,22,23). The molecule has 1 fully saturated rings. The minimum Gasteiger partial charge on any atom is -0.392 e. The number of nitrogens with two attached hydrogens (primary N) is 1. The molecule has 26 heavy (non-hydrogen) atoms. The number of nitrogen functional groups attached to an aromatic ring is 1. The van der Waals surface area contributed by atoms with E-state index in [-0.39, 0.29) is 23.6 Å². The van der Waals surface area contributed by atoms with Crippen LogP contribution in [0, 0.1) is 5.92 Å². The van der Waals surface area contributed by atoms with Gasteiger partial charge in [-0.25, -0.2) is 4.98 Å². The van der Waals surface area contributed by atoms with Crippen molar-refractivity contribution < 1.29 is 18.3 Å². The number of pyridine rings is 1. The van der Waals surface area contributed by atoms with Crippen LogP contribution in [0.3, 0.4) is 0 Å². The van der Waals surface area contributed by atoms with Gasteiger partial charge in [-0.05, 0) is 44.4 Å². The highest BCUT2D eigenvalue weighted by Crippen LogP contribution is 2.57. The van der Waals surface area contributed by atoms with Crippen molar-refractivity contribution in [1.82, 2.24) is 14.8 Å². The molecule has 0 amide bonds. The number of rotatable bonds is 3. The lowest BCUT2D eigenvalue weighted by atomic mass is 10.1. The van der Waals surface area contributed by atoms with Crippen molar-refractivity contribution in [2.45, 2.75) is 45.0 Å². The van der Waals surface area contributed by atoms with Crippen LogP contribution in [0.5, 0.6) is 0 Å². The van der Waals surface area contributed by atoms with Crippen LogP contribution in [0.2, 0.25) is 0 Å². The van der Waals surface area contributed by atoms with E-state index < -0.39 is 17.6 Å². The quantitative estimate of drug-likeness (QED) is 0.871. The third kappa shape index (κ3) is 2.59. The van der Waals surface area contributed by atoms with Crippen molar-refractivity contribution in [2.75, 3.05) is 5.73 Å². The number of aliphatic hydroxyl groups excluding tert-OH is 1. The third-order valence-electron chi connectivity index (χ3n) is 5.06. The van der Waals surface area contributed by atoms with Gasteiger partial charge in [0.05, 0.1) is 23.1 Å². The molecule has 5 nitrogen and oxygen atoms in total. The van der Waals surface area contributed by atoms with Gasteiger partial charge in [-0.2, -0.15) is 18.3 Å². The van der Waals surface area contributed by atoms with E-state index in [9.17, 15) is 18.3 Å². The molecular formula is C18H19F3N4O. The number of aliphatic hydroxyl groups is 1. The van der Waals surface area contributed by atoms with Crippen molar-refractivity contribution in [3.8, 4) is 11.3 Å². The molecule has 2 unspecified atom stereocenters. The highest BCUT2D eigenvalue weighted by Gasteiger charge is 2.48. The van der Waals surface area contributed by atoms with Crippen LogP contribution < -0.4 is 5.73 Å². The van der Waals surface area contributed by atoms with Crippen molar-refractivity contribution in [3.63, 3.8) is 0 Å². The summed E-state index contributed by atoms with van der Waals surface area (Å²) in [6, 6.07) is 2.80. The molecule has 0 spiro atoms. The monoisotopic (exact) mass is 364 g/mol. The second-order valence-corrected chi connectivity index (χ2v) is 7.13. The van der Waals surface area contributed by atoms with Crippen molar-refractivity contribution in [3.05, 3.63) is 35.2 Å². The zero-order valence-electron chi connectivity index (χ0n) is 14.4. The van der Waals surface area contributed by atoms with Crippen LogP contribution in [0.4, 0.5) is 19.0 Å². The highest BCUT2D eigenvalue weighted by molar-refractivity contribution is 5.87. The van der Waals surface area contributed by atoms with E-state index in [1.165, 1.54) is 11.8 Å². The van der Waals surface area contributed by atoms with Gasteiger partial charge in [-0.3, -0.25) is 4.68 Å². The molecule has 2 aromatic rings. The zero-order chi connectivity index (χ0) is 18.8. The maximum atomic E-state index is 13.1. The summed E-state index contributed by atoms with van der Waals surface area (Å²) in [5, 5.41) is 14.6. The molecule has 0 saturated heterocycles. The molecule has 2 aliphatic rings. The largest absolute Gasteiger partial charge is 0.419 e. The van der Waals surface area contributed by atoms with Crippen LogP contribution >= 0.6 is 0 Å². The molecule has 2 heterocycles. The van der Waals surface area contributed by atoms with Gasteiger partial charge in [-0.15, -0.1) is 0 Å². The number of aromatic nitrogens is 3. The Hall–Kier alpha value is -2.35. The van der Waals surface area contributed by atoms with Gasteiger partial charge < -0.3 is 10.8 Å². The molecular weight excluding hydrogens is 345 g/mol. The summed E-state index contributed by atoms with van der Waals surface area (Å²) in [5.74, 6) is -0.470. The second-order valence-electron chi connectivity index (χ2n) is 7.13. The Balaban J connectivity index is 1.78. The molecule has 8 heteroatoms. The predicted molar refractivity (Wildman–Crippen MR) is 90.9 cm³/mol. The Labute approximate surface area is 148 Å². The lowest BCUT2D eigenvalue weighted by Gasteiger charge is -2.11. The zero-order valence-corrected chi connectivity index (χ0v) is 14.4. The summed E-state index contributed by atoms with van der Waals surface area (Å²) in [5.41, 5.74) is 8.28. The van der Waals surface area contributed by atoms with E-state index in [1.54, 1.807) is 10.7 Å². The van der Waals surface area contributed by atoms with Crippen LogP contribution in [0.1, 0.15) is 44.0 Å². The van der Waals surface area contributed by atoms with Gasteiger partial charge in [-0.1, -0.05) is 5.57 Å². The lowest BCUT2D eigenvalue weighted by Crippen LogP contribution is -2.11. The van der Waals surface area contributed by atoms with E-state index >= 15 is 0 Å². The van der Waals surface area contributed by atoms with E-state index in [0.717, 1.165) is 30.2 Å². The minimum atomic E-state index is -4.57. The fraction of sp³-hybridized carbons (Fsp3) is 0.444. The molecule has 0 radical (unpaired) electrons. The van der Waals surface area contributed by atoms with E-state index in [1.807, 2.05) is 13.8 Å². The molecule has 2 atom stereocenters. The minimum absolute atomic E-state index is 0.0362. The first-order valence-electron chi connectivity index (χ1n) is 8.52. The van der Waals surface area contributed by atoms with Gasteiger partial charge in [0.25, 0.3) is 0 Å². The number of anilines is 1. The lowest BCUT2D eigenvalue weighted by molar-refractivity contribution is -0.137. The Morgan fingerprint density at radius 1 is 1.31 bits per heavy atom. The molecule has 2 aromatic heterocycles. The molecule has 4 rings (SSSR count). The second kappa shape index (κ2) is 5.57. The maximum absolute atomic E-state index is 13.1. The first-order chi connectivity index (χ1) is 12.2. The SMILES string of the molecule is CC(C)n1nc(-c2cnc(N)c(C(F)(F)F)c2)cc1C1=C2CCC(O)C21. The average Bonchev–Trinajstić information content (AvgIpc) is 2.90. The first-order valence-corrected chi connectivity index (χ1v) is 8.52. The topological polar surface area (TPSA) is 77.0 Å². The number of fused-ring (bicyclic) bond motifs is 1. The van der Waals surface area contributed by atoms with Crippen LogP contribution in [-0.4, -0.2) is 26.0 Å². The summed E-state index contributed by atoms with van der Waals surface area (Å²) in [7, 11) is 0. The van der Waals surface area contributed by atoms with Gasteiger partial charge in [0, 0.05) is 23.7 Å². The van der Waals surface area contributed by atoms with Crippen LogP contribution in [-0.2, 0) is 6.18 Å². The smallest absolute Gasteiger partial charge is 0.392 e. The number of alkyl halides is 3. The van der Waals surface area contributed by atoms with Gasteiger partial charge >= 0.3 is 6.18 Å². The highest BCUT2D eigenvalue weighted by atomic mass is 19.4. The summed E-state index contributed by atoms with van der Waals surface area (Å²) >= 11 is 0. The van der Waals surface area contributed by atoms with Crippen LogP contribution in [0.25, 0.3) is 16.8 Å².